The van der Waals surface area contributed by atoms with Gasteiger partial charge in [-0.25, -0.2) is 9.78 Å². The maximum Gasteiger partial charge on any atom is 0.321 e. The first-order valence-electron chi connectivity index (χ1n) is 6.93. The fourth-order valence-corrected chi connectivity index (χ4v) is 2.82. The monoisotopic (exact) mass is 308 g/mol. The molecule has 6 nitrogen and oxygen atoms in total. The predicted molar refractivity (Wildman–Crippen MR) is 82.8 cm³/mol. The Hall–Kier alpha value is -1.89. The number of thiazole rings is 1. The Kier molecular flexibility index (Phi) is 4.95. The summed E-state index contributed by atoms with van der Waals surface area (Å²) in [5.74, 6) is 0.800. The lowest BCUT2D eigenvalue weighted by Crippen LogP contribution is -2.37. The third kappa shape index (κ3) is 4.04. The first kappa shape index (κ1) is 15.5. The number of carbonyl (C=O) groups is 1. The maximum absolute atomic E-state index is 11.9. The average Bonchev–Trinajstić information content (AvgIpc) is 3.00. The third-order valence-corrected chi connectivity index (χ3v) is 4.01. The molecule has 0 spiro atoms. The predicted octanol–water partition coefficient (Wildman–Crippen LogP) is 3.06. The first-order chi connectivity index (χ1) is 9.99. The summed E-state index contributed by atoms with van der Waals surface area (Å²) >= 11 is 1.43. The van der Waals surface area contributed by atoms with Crippen molar-refractivity contribution in [3.8, 4) is 0 Å². The number of rotatable bonds is 5. The van der Waals surface area contributed by atoms with Crippen LogP contribution in [0.1, 0.15) is 36.6 Å². The van der Waals surface area contributed by atoms with Crippen molar-refractivity contribution in [2.45, 2.75) is 46.6 Å². The van der Waals surface area contributed by atoms with Gasteiger partial charge < -0.3 is 9.84 Å². The Morgan fingerprint density at radius 3 is 2.81 bits per heavy atom. The van der Waals surface area contributed by atoms with Crippen LogP contribution < -0.4 is 10.6 Å². The Morgan fingerprint density at radius 2 is 2.24 bits per heavy atom. The van der Waals surface area contributed by atoms with Gasteiger partial charge in [-0.2, -0.15) is 0 Å². The van der Waals surface area contributed by atoms with Gasteiger partial charge in [-0.05, 0) is 33.6 Å². The van der Waals surface area contributed by atoms with Gasteiger partial charge in [0.15, 0.2) is 5.13 Å². The lowest BCUT2D eigenvalue weighted by Gasteiger charge is -2.13. The molecule has 0 unspecified atom stereocenters. The zero-order valence-electron chi connectivity index (χ0n) is 12.7. The van der Waals surface area contributed by atoms with Crippen molar-refractivity contribution in [3.63, 3.8) is 0 Å². The molecule has 0 radical (unpaired) electrons. The first-order valence-corrected chi connectivity index (χ1v) is 7.81. The summed E-state index contributed by atoms with van der Waals surface area (Å²) in [5, 5.41) is 12.1. The van der Waals surface area contributed by atoms with Crippen LogP contribution in [0.5, 0.6) is 0 Å². The SMILES string of the molecule is CCc1csc(NC(=O)N[C@@H](C)Cc2c(C)noc2C)n1. The number of hydrogen-bond acceptors (Lipinski definition) is 5. The lowest BCUT2D eigenvalue weighted by molar-refractivity contribution is 0.249. The molecular formula is C14H20N4O2S. The van der Waals surface area contributed by atoms with Crippen molar-refractivity contribution in [3.05, 3.63) is 28.1 Å². The van der Waals surface area contributed by atoms with E-state index < -0.39 is 0 Å². The normalized spacial score (nSPS) is 12.2. The van der Waals surface area contributed by atoms with E-state index in [1.807, 2.05) is 33.1 Å². The molecule has 0 bridgehead atoms. The number of anilines is 1. The van der Waals surface area contributed by atoms with Crippen molar-refractivity contribution in [1.29, 1.82) is 0 Å². The van der Waals surface area contributed by atoms with Gasteiger partial charge in [0.05, 0.1) is 11.4 Å². The van der Waals surface area contributed by atoms with E-state index in [1.54, 1.807) is 0 Å². The summed E-state index contributed by atoms with van der Waals surface area (Å²) in [4.78, 5) is 16.2. The summed E-state index contributed by atoms with van der Waals surface area (Å²) in [7, 11) is 0. The van der Waals surface area contributed by atoms with E-state index >= 15 is 0 Å². The van der Waals surface area contributed by atoms with Crippen molar-refractivity contribution >= 4 is 22.5 Å². The molecule has 2 rings (SSSR count). The molecule has 0 aliphatic heterocycles. The molecule has 0 aliphatic carbocycles. The summed E-state index contributed by atoms with van der Waals surface area (Å²) < 4.78 is 5.13. The lowest BCUT2D eigenvalue weighted by atomic mass is 10.1. The van der Waals surface area contributed by atoms with Gasteiger partial charge in [-0.3, -0.25) is 5.32 Å². The van der Waals surface area contributed by atoms with Crippen LogP contribution in [0.3, 0.4) is 0 Å². The van der Waals surface area contributed by atoms with Gasteiger partial charge in [0.1, 0.15) is 5.76 Å². The van der Waals surface area contributed by atoms with E-state index in [0.717, 1.165) is 29.1 Å². The fourth-order valence-electron chi connectivity index (χ4n) is 2.03. The van der Waals surface area contributed by atoms with Gasteiger partial charge in [-0.1, -0.05) is 12.1 Å². The molecule has 2 aromatic rings. The zero-order valence-corrected chi connectivity index (χ0v) is 13.5. The van der Waals surface area contributed by atoms with E-state index in [9.17, 15) is 4.79 Å². The number of urea groups is 1. The minimum absolute atomic E-state index is 0.0209. The second-order valence-corrected chi connectivity index (χ2v) is 5.86. The highest BCUT2D eigenvalue weighted by Gasteiger charge is 2.15. The fraction of sp³-hybridized carbons (Fsp3) is 0.500. The molecule has 2 heterocycles. The highest BCUT2D eigenvalue weighted by Crippen LogP contribution is 2.16. The molecule has 114 valence electrons. The number of aromatic nitrogens is 2. The molecule has 2 aromatic heterocycles. The third-order valence-electron chi connectivity index (χ3n) is 3.20. The van der Waals surface area contributed by atoms with Crippen molar-refractivity contribution in [1.82, 2.24) is 15.5 Å². The standard InChI is InChI=1S/C14H20N4O2S/c1-5-11-7-21-14(16-11)17-13(19)15-8(2)6-12-9(3)18-20-10(12)4/h7-8H,5-6H2,1-4H3,(H2,15,16,17,19)/t8-/m0/s1. The second-order valence-electron chi connectivity index (χ2n) is 5.00. The van der Waals surface area contributed by atoms with E-state index in [2.05, 4.69) is 20.8 Å². The average molecular weight is 308 g/mol. The number of aryl methyl sites for hydroxylation is 3. The van der Waals surface area contributed by atoms with Crippen LogP contribution in [0, 0.1) is 13.8 Å². The molecular weight excluding hydrogens is 288 g/mol. The topological polar surface area (TPSA) is 80.0 Å². The number of hydrogen-bond donors (Lipinski definition) is 2. The largest absolute Gasteiger partial charge is 0.361 e. The van der Waals surface area contributed by atoms with Crippen LogP contribution in [0.25, 0.3) is 0 Å². The van der Waals surface area contributed by atoms with Crippen LogP contribution in [0.2, 0.25) is 0 Å². The number of carbonyl (C=O) groups excluding carboxylic acids is 1. The van der Waals surface area contributed by atoms with Gasteiger partial charge in [-0.15, -0.1) is 11.3 Å². The molecule has 2 amide bonds. The quantitative estimate of drug-likeness (QED) is 0.889. The van der Waals surface area contributed by atoms with Gasteiger partial charge in [0, 0.05) is 17.0 Å². The van der Waals surface area contributed by atoms with Crippen LogP contribution in [-0.2, 0) is 12.8 Å². The summed E-state index contributed by atoms with van der Waals surface area (Å²) in [6, 6.07) is -0.265. The summed E-state index contributed by atoms with van der Waals surface area (Å²) in [6.45, 7) is 7.76. The van der Waals surface area contributed by atoms with Crippen LogP contribution in [0.15, 0.2) is 9.90 Å². The zero-order chi connectivity index (χ0) is 15.4. The molecule has 0 fully saturated rings. The van der Waals surface area contributed by atoms with Crippen molar-refractivity contribution in [2.24, 2.45) is 0 Å². The molecule has 21 heavy (non-hydrogen) atoms. The van der Waals surface area contributed by atoms with Crippen molar-refractivity contribution in [2.75, 3.05) is 5.32 Å². The Labute approximate surface area is 127 Å². The Bertz CT molecular complexity index is 601. The van der Waals surface area contributed by atoms with E-state index in [4.69, 9.17) is 4.52 Å². The van der Waals surface area contributed by atoms with Gasteiger partial charge >= 0.3 is 6.03 Å². The highest BCUT2D eigenvalue weighted by molar-refractivity contribution is 7.13. The van der Waals surface area contributed by atoms with E-state index in [0.29, 0.717) is 11.6 Å². The summed E-state index contributed by atoms with van der Waals surface area (Å²) in [6.07, 6.45) is 1.55. The minimum atomic E-state index is -0.244. The molecule has 0 aromatic carbocycles. The number of nitrogens with zero attached hydrogens (tertiary/aromatic N) is 2. The number of amides is 2. The van der Waals surface area contributed by atoms with Gasteiger partial charge in [0.2, 0.25) is 0 Å². The molecule has 0 saturated heterocycles. The molecule has 7 heteroatoms. The molecule has 0 saturated carbocycles. The van der Waals surface area contributed by atoms with Crippen LogP contribution in [-0.4, -0.2) is 22.2 Å². The second kappa shape index (κ2) is 6.71. The minimum Gasteiger partial charge on any atom is -0.361 e. The van der Waals surface area contributed by atoms with E-state index in [1.165, 1.54) is 11.3 Å². The summed E-state index contributed by atoms with van der Waals surface area (Å²) in [5.41, 5.74) is 2.90. The van der Waals surface area contributed by atoms with Crippen LogP contribution >= 0.6 is 11.3 Å². The Morgan fingerprint density at radius 1 is 1.48 bits per heavy atom. The Balaban J connectivity index is 1.87. The van der Waals surface area contributed by atoms with Gasteiger partial charge in [0.25, 0.3) is 0 Å². The maximum atomic E-state index is 11.9. The molecule has 1 atom stereocenters. The van der Waals surface area contributed by atoms with Crippen molar-refractivity contribution < 1.29 is 9.32 Å². The number of nitrogens with one attached hydrogen (secondary N) is 2. The van der Waals surface area contributed by atoms with Crippen LogP contribution in [0.4, 0.5) is 9.93 Å². The molecule has 0 aliphatic rings. The smallest absolute Gasteiger partial charge is 0.321 e. The molecule has 2 N–H and O–H groups in total. The van der Waals surface area contributed by atoms with E-state index in [-0.39, 0.29) is 12.1 Å². The highest BCUT2D eigenvalue weighted by atomic mass is 32.1.